The van der Waals surface area contributed by atoms with E-state index in [2.05, 4.69) is 10.5 Å². The van der Waals surface area contributed by atoms with Crippen LogP contribution in [-0.4, -0.2) is 54.7 Å². The summed E-state index contributed by atoms with van der Waals surface area (Å²) in [6.07, 6.45) is 2.42. The highest BCUT2D eigenvalue weighted by Gasteiger charge is 2.20. The molecule has 29 heavy (non-hydrogen) atoms. The SMILES string of the molecule is COc1ccc(N(CC(=O)N/N=C/c2ccc(OC)cc2OC)S(C)(=O)=O)cc1. The fourth-order valence-corrected chi connectivity index (χ4v) is 3.27. The first kappa shape index (κ1) is 22.0. The van der Waals surface area contributed by atoms with Gasteiger partial charge in [-0.25, -0.2) is 13.8 Å². The topological polar surface area (TPSA) is 107 Å². The fraction of sp³-hybridized carbons (Fsp3) is 0.263. The second-order valence-corrected chi connectivity index (χ2v) is 7.78. The second-order valence-electron chi connectivity index (χ2n) is 5.87. The molecule has 0 aliphatic carbocycles. The normalized spacial score (nSPS) is 11.2. The molecule has 1 amide bonds. The van der Waals surface area contributed by atoms with Crippen LogP contribution in [0.2, 0.25) is 0 Å². The predicted molar refractivity (Wildman–Crippen MR) is 110 cm³/mol. The molecule has 0 saturated heterocycles. The van der Waals surface area contributed by atoms with Gasteiger partial charge in [0, 0.05) is 11.6 Å². The number of rotatable bonds is 9. The molecule has 0 aromatic heterocycles. The number of hydrazone groups is 1. The monoisotopic (exact) mass is 421 g/mol. The summed E-state index contributed by atoms with van der Waals surface area (Å²) >= 11 is 0. The van der Waals surface area contributed by atoms with Gasteiger partial charge in [-0.15, -0.1) is 0 Å². The number of ether oxygens (including phenoxy) is 3. The zero-order valence-electron chi connectivity index (χ0n) is 16.6. The van der Waals surface area contributed by atoms with Crippen LogP contribution in [0.15, 0.2) is 47.6 Å². The van der Waals surface area contributed by atoms with Crippen molar-refractivity contribution in [2.75, 3.05) is 38.4 Å². The summed E-state index contributed by atoms with van der Waals surface area (Å²) in [6, 6.07) is 11.4. The quantitative estimate of drug-likeness (QED) is 0.487. The number of methoxy groups -OCH3 is 3. The number of anilines is 1. The van der Waals surface area contributed by atoms with Crippen LogP contribution in [0.5, 0.6) is 17.2 Å². The lowest BCUT2D eigenvalue weighted by Gasteiger charge is -2.21. The van der Waals surface area contributed by atoms with E-state index in [4.69, 9.17) is 14.2 Å². The lowest BCUT2D eigenvalue weighted by atomic mass is 10.2. The van der Waals surface area contributed by atoms with E-state index in [0.29, 0.717) is 28.5 Å². The van der Waals surface area contributed by atoms with Crippen molar-refractivity contribution in [3.8, 4) is 17.2 Å². The van der Waals surface area contributed by atoms with Crippen LogP contribution in [0, 0.1) is 0 Å². The third-order valence-electron chi connectivity index (χ3n) is 3.88. The first-order chi connectivity index (χ1) is 13.8. The molecule has 2 aromatic carbocycles. The lowest BCUT2D eigenvalue weighted by Crippen LogP contribution is -2.39. The molecule has 2 rings (SSSR count). The number of hydrogen-bond acceptors (Lipinski definition) is 7. The molecule has 0 atom stereocenters. The lowest BCUT2D eigenvalue weighted by molar-refractivity contribution is -0.119. The fourth-order valence-electron chi connectivity index (χ4n) is 2.41. The number of nitrogens with zero attached hydrogens (tertiary/aromatic N) is 2. The van der Waals surface area contributed by atoms with Gasteiger partial charge in [0.2, 0.25) is 10.0 Å². The Labute approximate surface area is 169 Å². The highest BCUT2D eigenvalue weighted by atomic mass is 32.2. The van der Waals surface area contributed by atoms with Crippen molar-refractivity contribution >= 4 is 27.8 Å². The highest BCUT2D eigenvalue weighted by Crippen LogP contribution is 2.23. The molecule has 0 fully saturated rings. The van der Waals surface area contributed by atoms with E-state index in [1.165, 1.54) is 20.4 Å². The van der Waals surface area contributed by atoms with Gasteiger partial charge in [-0.1, -0.05) is 0 Å². The van der Waals surface area contributed by atoms with Gasteiger partial charge in [-0.05, 0) is 36.4 Å². The van der Waals surface area contributed by atoms with Crippen molar-refractivity contribution in [2.24, 2.45) is 5.10 Å². The summed E-state index contributed by atoms with van der Waals surface area (Å²) in [5.41, 5.74) is 3.27. The maximum atomic E-state index is 12.2. The average Bonchev–Trinajstić information content (AvgIpc) is 2.71. The van der Waals surface area contributed by atoms with Crippen LogP contribution in [0.4, 0.5) is 5.69 Å². The second kappa shape index (κ2) is 9.78. The van der Waals surface area contributed by atoms with Crippen molar-refractivity contribution in [3.05, 3.63) is 48.0 Å². The number of nitrogens with one attached hydrogen (secondary N) is 1. The van der Waals surface area contributed by atoms with Crippen LogP contribution in [0.3, 0.4) is 0 Å². The Balaban J connectivity index is 2.09. The molecule has 0 unspecified atom stereocenters. The maximum Gasteiger partial charge on any atom is 0.260 e. The maximum absolute atomic E-state index is 12.2. The third kappa shape index (κ3) is 6.11. The van der Waals surface area contributed by atoms with Crippen LogP contribution in [0.25, 0.3) is 0 Å². The minimum Gasteiger partial charge on any atom is -0.497 e. The average molecular weight is 421 g/mol. The number of carbonyl (C=O) groups is 1. The van der Waals surface area contributed by atoms with Gasteiger partial charge in [0.1, 0.15) is 23.8 Å². The van der Waals surface area contributed by atoms with Gasteiger partial charge in [0.25, 0.3) is 5.91 Å². The number of benzene rings is 2. The zero-order valence-corrected chi connectivity index (χ0v) is 17.4. The third-order valence-corrected chi connectivity index (χ3v) is 5.02. The number of carbonyl (C=O) groups excluding carboxylic acids is 1. The minimum atomic E-state index is -3.68. The number of sulfonamides is 1. The van der Waals surface area contributed by atoms with Gasteiger partial charge in [0.15, 0.2) is 0 Å². The predicted octanol–water partition coefficient (Wildman–Crippen LogP) is 1.63. The van der Waals surface area contributed by atoms with E-state index in [9.17, 15) is 13.2 Å². The Hall–Kier alpha value is -3.27. The molecule has 0 aliphatic rings. The van der Waals surface area contributed by atoms with Crippen molar-refractivity contribution in [3.63, 3.8) is 0 Å². The van der Waals surface area contributed by atoms with Crippen LogP contribution in [0.1, 0.15) is 5.56 Å². The minimum absolute atomic E-state index is 0.337. The standard InChI is InChI=1S/C19H23N3O6S/c1-26-16-9-6-15(7-10-16)22(29(4,24)25)13-19(23)21-20-12-14-5-8-17(27-2)11-18(14)28-3/h5-12H,13H2,1-4H3,(H,21,23)/b20-12+. The van der Waals surface area contributed by atoms with E-state index in [0.717, 1.165) is 10.6 Å². The molecule has 0 bridgehead atoms. The van der Waals surface area contributed by atoms with Crippen molar-refractivity contribution in [1.29, 1.82) is 0 Å². The Morgan fingerprint density at radius 3 is 2.21 bits per heavy atom. The molecule has 0 saturated carbocycles. The van der Waals surface area contributed by atoms with Crippen LogP contribution in [-0.2, 0) is 14.8 Å². The summed E-state index contributed by atoms with van der Waals surface area (Å²) in [7, 11) is 0.869. The smallest absolute Gasteiger partial charge is 0.260 e. The highest BCUT2D eigenvalue weighted by molar-refractivity contribution is 7.92. The van der Waals surface area contributed by atoms with Gasteiger partial charge in [-0.3, -0.25) is 9.10 Å². The molecule has 9 nitrogen and oxygen atoms in total. The van der Waals surface area contributed by atoms with E-state index in [1.54, 1.807) is 49.6 Å². The van der Waals surface area contributed by atoms with Crippen molar-refractivity contribution < 1.29 is 27.4 Å². The summed E-state index contributed by atoms with van der Waals surface area (Å²) < 4.78 is 40.6. The first-order valence-electron chi connectivity index (χ1n) is 8.44. The molecule has 10 heteroatoms. The molecule has 0 spiro atoms. The summed E-state index contributed by atoms with van der Waals surface area (Å²) in [6.45, 7) is -0.428. The Morgan fingerprint density at radius 1 is 1.03 bits per heavy atom. The summed E-state index contributed by atoms with van der Waals surface area (Å²) in [5, 5.41) is 3.87. The van der Waals surface area contributed by atoms with Gasteiger partial charge < -0.3 is 14.2 Å². The number of amides is 1. The molecule has 0 aliphatic heterocycles. The van der Waals surface area contributed by atoms with Crippen molar-refractivity contribution in [2.45, 2.75) is 0 Å². The van der Waals surface area contributed by atoms with Gasteiger partial charge >= 0.3 is 0 Å². The Bertz CT molecular complexity index is 974. The molecule has 2 aromatic rings. The Kier molecular flexibility index (Phi) is 7.43. The Morgan fingerprint density at radius 2 is 1.66 bits per heavy atom. The first-order valence-corrected chi connectivity index (χ1v) is 10.3. The van der Waals surface area contributed by atoms with Crippen molar-refractivity contribution in [1.82, 2.24) is 5.43 Å². The van der Waals surface area contributed by atoms with E-state index < -0.39 is 22.5 Å². The van der Waals surface area contributed by atoms with Crippen LogP contribution >= 0.6 is 0 Å². The number of hydrogen-bond donors (Lipinski definition) is 1. The van der Waals surface area contributed by atoms with Gasteiger partial charge in [-0.2, -0.15) is 5.10 Å². The zero-order chi connectivity index (χ0) is 21.4. The van der Waals surface area contributed by atoms with Gasteiger partial charge in [0.05, 0.1) is 39.5 Å². The molecule has 156 valence electrons. The largest absolute Gasteiger partial charge is 0.497 e. The molecular weight excluding hydrogens is 398 g/mol. The van der Waals surface area contributed by atoms with E-state index >= 15 is 0 Å². The van der Waals surface area contributed by atoms with E-state index in [-0.39, 0.29) is 0 Å². The molecule has 0 heterocycles. The molecule has 0 radical (unpaired) electrons. The van der Waals surface area contributed by atoms with E-state index in [1.807, 2.05) is 0 Å². The van der Waals surface area contributed by atoms with Crippen LogP contribution < -0.4 is 23.9 Å². The molecule has 1 N–H and O–H groups in total. The summed E-state index contributed by atoms with van der Waals surface area (Å²) in [5.74, 6) is 1.10. The summed E-state index contributed by atoms with van der Waals surface area (Å²) in [4.78, 5) is 12.2. The molecular formula is C19H23N3O6S.